The summed E-state index contributed by atoms with van der Waals surface area (Å²) in [5.41, 5.74) is -0.999. The van der Waals surface area contributed by atoms with Crippen molar-refractivity contribution in [2.24, 2.45) is 23.2 Å². The van der Waals surface area contributed by atoms with Crippen LogP contribution in [0.1, 0.15) is 66.2 Å². The molecule has 0 radical (unpaired) electrons. The molecule has 3 heteroatoms. The second-order valence-electron chi connectivity index (χ2n) is 8.88. The highest BCUT2D eigenvalue weighted by atomic mass is 16.6. The summed E-state index contributed by atoms with van der Waals surface area (Å²) < 4.78 is 6.01. The monoisotopic (exact) mass is 280 g/mol. The van der Waals surface area contributed by atoms with Crippen LogP contribution in [-0.4, -0.2) is 22.3 Å². The van der Waals surface area contributed by atoms with Gasteiger partial charge in [0.2, 0.25) is 0 Å². The summed E-state index contributed by atoms with van der Waals surface area (Å²) in [6.45, 7) is 8.18. The van der Waals surface area contributed by atoms with Gasteiger partial charge < -0.3 is 9.84 Å². The van der Waals surface area contributed by atoms with Crippen LogP contribution in [0.5, 0.6) is 0 Å². The van der Waals surface area contributed by atoms with Crippen molar-refractivity contribution in [3.63, 3.8) is 0 Å². The molecule has 4 bridgehead atoms. The first-order valence-corrected chi connectivity index (χ1v) is 8.06. The lowest BCUT2D eigenvalue weighted by Gasteiger charge is -2.59. The van der Waals surface area contributed by atoms with Gasteiger partial charge in [0.25, 0.3) is 0 Å². The Labute approximate surface area is 122 Å². The quantitative estimate of drug-likeness (QED) is 0.789. The summed E-state index contributed by atoms with van der Waals surface area (Å²) >= 11 is 0. The zero-order chi connectivity index (χ0) is 14.8. The third-order valence-corrected chi connectivity index (χ3v) is 5.95. The molecular formula is C17H28O3. The summed E-state index contributed by atoms with van der Waals surface area (Å²) in [7, 11) is 0. The number of hydrogen-bond donors (Lipinski definition) is 1. The van der Waals surface area contributed by atoms with Crippen LogP contribution in [0.4, 0.5) is 0 Å². The van der Waals surface area contributed by atoms with Gasteiger partial charge >= 0.3 is 5.97 Å². The lowest BCUT2D eigenvalue weighted by Crippen LogP contribution is -2.60. The maximum Gasteiger partial charge on any atom is 0.309 e. The molecule has 0 aromatic rings. The molecule has 3 unspecified atom stereocenters. The van der Waals surface area contributed by atoms with Crippen LogP contribution in [0, 0.1) is 23.2 Å². The van der Waals surface area contributed by atoms with E-state index in [1.54, 1.807) is 0 Å². The molecule has 4 fully saturated rings. The maximum absolute atomic E-state index is 12.5. The molecule has 20 heavy (non-hydrogen) atoms. The zero-order valence-corrected chi connectivity index (χ0v) is 13.2. The third-order valence-electron chi connectivity index (χ3n) is 5.95. The Balaban J connectivity index is 1.76. The standard InChI is InChI=1S/C17H28O3/c1-11(15(2,3)4)14(18)20-17-8-12-5-13(9-17)7-16(19,6-12)10-17/h11-13,19H,5-10H2,1-4H3. The first kappa shape index (κ1) is 14.4. The molecule has 0 spiro atoms. The second kappa shape index (κ2) is 4.22. The molecule has 0 aromatic heterocycles. The highest BCUT2D eigenvalue weighted by Gasteiger charge is 2.59. The normalized spacial score (nSPS) is 44.5. The van der Waals surface area contributed by atoms with Crippen molar-refractivity contribution in [3.8, 4) is 0 Å². The van der Waals surface area contributed by atoms with Crippen LogP contribution < -0.4 is 0 Å². The van der Waals surface area contributed by atoms with E-state index < -0.39 is 5.60 Å². The van der Waals surface area contributed by atoms with E-state index in [0.29, 0.717) is 18.3 Å². The van der Waals surface area contributed by atoms with Gasteiger partial charge in [-0.3, -0.25) is 4.79 Å². The fourth-order valence-corrected chi connectivity index (χ4v) is 4.91. The summed E-state index contributed by atoms with van der Waals surface area (Å²) in [6, 6.07) is 0. The molecule has 4 aliphatic carbocycles. The molecule has 0 heterocycles. The van der Waals surface area contributed by atoms with E-state index in [1.807, 2.05) is 6.92 Å². The Bertz CT molecular complexity index is 406. The van der Waals surface area contributed by atoms with Gasteiger partial charge in [-0.25, -0.2) is 0 Å². The molecule has 0 amide bonds. The molecule has 4 aliphatic rings. The molecule has 1 N–H and O–H groups in total. The summed E-state index contributed by atoms with van der Waals surface area (Å²) in [6.07, 6.45) is 5.64. The highest BCUT2D eigenvalue weighted by Crippen LogP contribution is 2.59. The van der Waals surface area contributed by atoms with Crippen LogP contribution >= 0.6 is 0 Å². The van der Waals surface area contributed by atoms with E-state index in [0.717, 1.165) is 25.7 Å². The van der Waals surface area contributed by atoms with Crippen molar-refractivity contribution in [1.82, 2.24) is 0 Å². The van der Waals surface area contributed by atoms with Crippen LogP contribution in [0.2, 0.25) is 0 Å². The molecule has 0 aliphatic heterocycles. The molecule has 4 saturated carbocycles. The number of esters is 1. The van der Waals surface area contributed by atoms with Gasteiger partial charge in [-0.15, -0.1) is 0 Å². The predicted molar refractivity (Wildman–Crippen MR) is 77.1 cm³/mol. The number of ether oxygens (including phenoxy) is 1. The van der Waals surface area contributed by atoms with Crippen molar-refractivity contribution < 1.29 is 14.6 Å². The average molecular weight is 280 g/mol. The SMILES string of the molecule is CC(C(=O)OC12CC3CC(CC(O)(C3)C1)C2)C(C)(C)C. The molecule has 4 rings (SSSR count). The van der Waals surface area contributed by atoms with Crippen LogP contribution in [0.15, 0.2) is 0 Å². The Hall–Kier alpha value is -0.570. The van der Waals surface area contributed by atoms with E-state index in [-0.39, 0.29) is 22.9 Å². The van der Waals surface area contributed by atoms with Crippen molar-refractivity contribution in [3.05, 3.63) is 0 Å². The molecule has 0 saturated heterocycles. The van der Waals surface area contributed by atoms with Gasteiger partial charge in [0.05, 0.1) is 11.5 Å². The van der Waals surface area contributed by atoms with Crippen molar-refractivity contribution in [1.29, 1.82) is 0 Å². The van der Waals surface area contributed by atoms with Crippen molar-refractivity contribution in [2.45, 2.75) is 77.4 Å². The van der Waals surface area contributed by atoms with Crippen molar-refractivity contribution in [2.75, 3.05) is 0 Å². The molecule has 114 valence electrons. The van der Waals surface area contributed by atoms with Gasteiger partial charge in [0, 0.05) is 6.42 Å². The largest absolute Gasteiger partial charge is 0.459 e. The number of carbonyl (C=O) groups is 1. The van der Waals surface area contributed by atoms with E-state index >= 15 is 0 Å². The molecule has 3 atom stereocenters. The molecule has 0 aromatic carbocycles. The first-order chi connectivity index (χ1) is 9.11. The number of aliphatic hydroxyl groups is 1. The Kier molecular flexibility index (Phi) is 3.03. The van der Waals surface area contributed by atoms with Gasteiger partial charge in [-0.2, -0.15) is 0 Å². The minimum Gasteiger partial charge on any atom is -0.459 e. The average Bonchev–Trinajstić information content (AvgIpc) is 2.22. The van der Waals surface area contributed by atoms with Crippen LogP contribution in [0.3, 0.4) is 0 Å². The number of carbonyl (C=O) groups excluding carboxylic acids is 1. The van der Waals surface area contributed by atoms with Gasteiger partial charge in [-0.1, -0.05) is 27.7 Å². The minimum absolute atomic E-state index is 0.0731. The van der Waals surface area contributed by atoms with Gasteiger partial charge in [0.1, 0.15) is 5.60 Å². The fraction of sp³-hybridized carbons (Fsp3) is 0.941. The zero-order valence-electron chi connectivity index (χ0n) is 13.2. The van der Waals surface area contributed by atoms with E-state index in [4.69, 9.17) is 4.74 Å². The summed E-state index contributed by atoms with van der Waals surface area (Å²) in [5, 5.41) is 10.7. The summed E-state index contributed by atoms with van der Waals surface area (Å²) in [4.78, 5) is 12.5. The topological polar surface area (TPSA) is 46.5 Å². The highest BCUT2D eigenvalue weighted by molar-refractivity contribution is 5.73. The molecule has 3 nitrogen and oxygen atoms in total. The van der Waals surface area contributed by atoms with E-state index in [9.17, 15) is 9.90 Å². The predicted octanol–water partition coefficient (Wildman–Crippen LogP) is 3.30. The lowest BCUT2D eigenvalue weighted by atomic mass is 9.52. The maximum atomic E-state index is 12.5. The fourth-order valence-electron chi connectivity index (χ4n) is 4.91. The van der Waals surface area contributed by atoms with Crippen LogP contribution in [0.25, 0.3) is 0 Å². The number of rotatable bonds is 2. The Morgan fingerprint density at radius 3 is 2.20 bits per heavy atom. The van der Waals surface area contributed by atoms with E-state index in [1.165, 1.54) is 6.42 Å². The summed E-state index contributed by atoms with van der Waals surface area (Å²) in [5.74, 6) is 0.922. The third kappa shape index (κ3) is 2.38. The van der Waals surface area contributed by atoms with Crippen LogP contribution in [-0.2, 0) is 9.53 Å². The smallest absolute Gasteiger partial charge is 0.309 e. The Morgan fingerprint density at radius 2 is 1.75 bits per heavy atom. The van der Waals surface area contributed by atoms with Gasteiger partial charge in [-0.05, 0) is 49.4 Å². The lowest BCUT2D eigenvalue weighted by molar-refractivity contribution is -0.223. The minimum atomic E-state index is -0.560. The van der Waals surface area contributed by atoms with Gasteiger partial charge in [0.15, 0.2) is 0 Å². The second-order valence-corrected chi connectivity index (χ2v) is 8.88. The Morgan fingerprint density at radius 1 is 1.20 bits per heavy atom. The number of hydrogen-bond acceptors (Lipinski definition) is 3. The van der Waals surface area contributed by atoms with E-state index in [2.05, 4.69) is 20.8 Å². The molecular weight excluding hydrogens is 252 g/mol. The first-order valence-electron chi connectivity index (χ1n) is 8.06. The van der Waals surface area contributed by atoms with Crippen molar-refractivity contribution >= 4 is 5.97 Å².